The largest absolute Gasteiger partial charge is 0.494 e. The first-order valence-electron chi connectivity index (χ1n) is 8.89. The summed E-state index contributed by atoms with van der Waals surface area (Å²) in [6.07, 6.45) is 1.59. The Labute approximate surface area is 149 Å². The zero-order chi connectivity index (χ0) is 17.8. The molecule has 0 saturated carbocycles. The predicted molar refractivity (Wildman–Crippen MR) is 98.0 cm³/mol. The number of carboxylic acids is 1. The molecule has 0 radical (unpaired) electrons. The van der Waals surface area contributed by atoms with Crippen LogP contribution < -0.4 is 4.74 Å². The Hall–Kier alpha value is -2.33. The smallest absolute Gasteiger partial charge is 0.320 e. The number of carboxylic acid groups (broad SMARTS) is 1. The summed E-state index contributed by atoms with van der Waals surface area (Å²) in [5.74, 6) is 0.0827. The molecule has 1 N–H and O–H groups in total. The Morgan fingerprint density at radius 2 is 1.88 bits per heavy atom. The van der Waals surface area contributed by atoms with Gasteiger partial charge in [0.2, 0.25) is 0 Å². The Kier molecular flexibility index (Phi) is 5.39. The second kappa shape index (κ2) is 7.70. The number of para-hydroxylation sites is 1. The molecule has 0 amide bonds. The number of rotatable bonds is 6. The maximum absolute atomic E-state index is 11.8. The maximum Gasteiger partial charge on any atom is 0.320 e. The summed E-state index contributed by atoms with van der Waals surface area (Å²) in [5.41, 5.74) is 3.34. The molecule has 1 aliphatic heterocycles. The average molecular weight is 339 g/mol. The normalized spacial score (nSPS) is 18.9. The molecule has 25 heavy (non-hydrogen) atoms. The molecule has 0 bridgehead atoms. The Bertz CT molecular complexity index is 743. The molecule has 2 aromatic rings. The SMILES string of the molecule is CCOc1ccccc1C(c1ccccc1C)N1CCCC1C(=O)O. The number of aryl methyl sites for hydroxylation is 1. The molecule has 4 heteroatoms. The topological polar surface area (TPSA) is 49.8 Å². The predicted octanol–water partition coefficient (Wildman–Crippen LogP) is 4.03. The van der Waals surface area contributed by atoms with E-state index in [0.717, 1.165) is 35.4 Å². The van der Waals surface area contributed by atoms with Gasteiger partial charge in [-0.15, -0.1) is 0 Å². The summed E-state index contributed by atoms with van der Waals surface area (Å²) in [7, 11) is 0. The molecular formula is C21H25NO3. The van der Waals surface area contributed by atoms with E-state index >= 15 is 0 Å². The molecule has 132 valence electrons. The Balaban J connectivity index is 2.13. The molecule has 0 aromatic heterocycles. The van der Waals surface area contributed by atoms with Crippen molar-refractivity contribution in [2.75, 3.05) is 13.2 Å². The van der Waals surface area contributed by atoms with E-state index in [9.17, 15) is 9.90 Å². The minimum Gasteiger partial charge on any atom is -0.494 e. The van der Waals surface area contributed by atoms with Gasteiger partial charge in [0.25, 0.3) is 0 Å². The summed E-state index contributed by atoms with van der Waals surface area (Å²) in [6, 6.07) is 15.6. The van der Waals surface area contributed by atoms with Crippen molar-refractivity contribution in [2.45, 2.75) is 38.8 Å². The zero-order valence-corrected chi connectivity index (χ0v) is 14.8. The number of nitrogens with zero attached hydrogens (tertiary/aromatic N) is 1. The van der Waals surface area contributed by atoms with Gasteiger partial charge in [0.1, 0.15) is 11.8 Å². The monoisotopic (exact) mass is 339 g/mol. The lowest BCUT2D eigenvalue weighted by atomic mass is 9.92. The number of hydrogen-bond donors (Lipinski definition) is 1. The second-order valence-electron chi connectivity index (χ2n) is 6.46. The molecule has 1 fully saturated rings. The van der Waals surface area contributed by atoms with Crippen LogP contribution in [0.25, 0.3) is 0 Å². The number of carbonyl (C=O) groups is 1. The van der Waals surface area contributed by atoms with Gasteiger partial charge in [0.15, 0.2) is 0 Å². The van der Waals surface area contributed by atoms with Crippen molar-refractivity contribution in [3.8, 4) is 5.75 Å². The van der Waals surface area contributed by atoms with Crippen LogP contribution in [-0.2, 0) is 4.79 Å². The average Bonchev–Trinajstić information content (AvgIpc) is 3.08. The van der Waals surface area contributed by atoms with E-state index in [0.29, 0.717) is 13.0 Å². The molecular weight excluding hydrogens is 314 g/mol. The highest BCUT2D eigenvalue weighted by Gasteiger charge is 2.38. The quantitative estimate of drug-likeness (QED) is 0.863. The Morgan fingerprint density at radius 1 is 1.20 bits per heavy atom. The van der Waals surface area contributed by atoms with E-state index in [1.54, 1.807) is 0 Å². The van der Waals surface area contributed by atoms with Crippen molar-refractivity contribution >= 4 is 5.97 Å². The molecule has 3 rings (SSSR count). The number of hydrogen-bond acceptors (Lipinski definition) is 3. The standard InChI is InChI=1S/C21H25NO3/c1-3-25-19-13-7-6-11-17(19)20(16-10-5-4-9-15(16)2)22-14-8-12-18(22)21(23)24/h4-7,9-11,13,18,20H,3,8,12,14H2,1-2H3,(H,23,24). The van der Waals surface area contributed by atoms with Crippen molar-refractivity contribution < 1.29 is 14.6 Å². The van der Waals surface area contributed by atoms with Gasteiger partial charge in [-0.05, 0) is 43.9 Å². The van der Waals surface area contributed by atoms with E-state index in [2.05, 4.69) is 30.0 Å². The van der Waals surface area contributed by atoms with E-state index in [-0.39, 0.29) is 6.04 Å². The van der Waals surface area contributed by atoms with Crippen LogP contribution in [0.4, 0.5) is 0 Å². The van der Waals surface area contributed by atoms with Gasteiger partial charge in [0.05, 0.1) is 12.6 Å². The molecule has 1 heterocycles. The van der Waals surface area contributed by atoms with Crippen LogP contribution in [0.5, 0.6) is 5.75 Å². The number of ether oxygens (including phenoxy) is 1. The molecule has 2 unspecified atom stereocenters. The van der Waals surface area contributed by atoms with Gasteiger partial charge in [-0.2, -0.15) is 0 Å². The molecule has 2 atom stereocenters. The van der Waals surface area contributed by atoms with Crippen molar-refractivity contribution in [3.63, 3.8) is 0 Å². The first-order chi connectivity index (χ1) is 12.1. The molecule has 1 saturated heterocycles. The first kappa shape index (κ1) is 17.5. The third-order valence-electron chi connectivity index (χ3n) is 4.91. The minimum absolute atomic E-state index is 0.118. The van der Waals surface area contributed by atoms with E-state index < -0.39 is 12.0 Å². The lowest BCUT2D eigenvalue weighted by molar-refractivity contribution is -0.142. The summed E-state index contributed by atoms with van der Waals surface area (Å²) in [6.45, 7) is 5.41. The lowest BCUT2D eigenvalue weighted by Gasteiger charge is -2.33. The summed E-state index contributed by atoms with van der Waals surface area (Å²) < 4.78 is 5.86. The third kappa shape index (κ3) is 3.54. The highest BCUT2D eigenvalue weighted by atomic mass is 16.5. The molecule has 2 aromatic carbocycles. The zero-order valence-electron chi connectivity index (χ0n) is 14.8. The maximum atomic E-state index is 11.8. The van der Waals surface area contributed by atoms with Crippen LogP contribution in [0, 0.1) is 6.92 Å². The van der Waals surface area contributed by atoms with Crippen molar-refractivity contribution in [2.24, 2.45) is 0 Å². The molecule has 0 aliphatic carbocycles. The fraction of sp³-hybridized carbons (Fsp3) is 0.381. The summed E-state index contributed by atoms with van der Waals surface area (Å²) in [5, 5.41) is 9.70. The van der Waals surface area contributed by atoms with Crippen molar-refractivity contribution in [1.82, 2.24) is 4.90 Å². The second-order valence-corrected chi connectivity index (χ2v) is 6.46. The van der Waals surface area contributed by atoms with Gasteiger partial charge in [-0.1, -0.05) is 42.5 Å². The molecule has 0 spiro atoms. The summed E-state index contributed by atoms with van der Waals surface area (Å²) in [4.78, 5) is 13.9. The minimum atomic E-state index is -0.745. The lowest BCUT2D eigenvalue weighted by Crippen LogP contribution is -2.39. The van der Waals surface area contributed by atoms with Gasteiger partial charge in [-0.3, -0.25) is 9.69 Å². The van der Waals surface area contributed by atoms with Gasteiger partial charge in [0, 0.05) is 12.1 Å². The number of likely N-dealkylation sites (tertiary alicyclic amines) is 1. The van der Waals surface area contributed by atoms with Crippen molar-refractivity contribution in [1.29, 1.82) is 0 Å². The third-order valence-corrected chi connectivity index (χ3v) is 4.91. The highest BCUT2D eigenvalue weighted by Crippen LogP contribution is 2.40. The summed E-state index contributed by atoms with van der Waals surface area (Å²) >= 11 is 0. The first-order valence-corrected chi connectivity index (χ1v) is 8.89. The number of aliphatic carboxylic acids is 1. The van der Waals surface area contributed by atoms with Gasteiger partial charge in [-0.25, -0.2) is 0 Å². The van der Waals surface area contributed by atoms with Crippen LogP contribution in [0.2, 0.25) is 0 Å². The van der Waals surface area contributed by atoms with Gasteiger partial charge < -0.3 is 9.84 Å². The molecule has 4 nitrogen and oxygen atoms in total. The van der Waals surface area contributed by atoms with Crippen LogP contribution in [-0.4, -0.2) is 35.2 Å². The van der Waals surface area contributed by atoms with E-state index in [4.69, 9.17) is 4.74 Å². The van der Waals surface area contributed by atoms with Crippen LogP contribution in [0.3, 0.4) is 0 Å². The number of benzene rings is 2. The Morgan fingerprint density at radius 3 is 2.56 bits per heavy atom. The van der Waals surface area contributed by atoms with Crippen LogP contribution in [0.15, 0.2) is 48.5 Å². The van der Waals surface area contributed by atoms with Crippen molar-refractivity contribution in [3.05, 3.63) is 65.2 Å². The van der Waals surface area contributed by atoms with Gasteiger partial charge >= 0.3 is 5.97 Å². The van der Waals surface area contributed by atoms with Crippen LogP contribution in [0.1, 0.15) is 42.5 Å². The van der Waals surface area contributed by atoms with Crippen LogP contribution >= 0.6 is 0 Å². The molecule has 1 aliphatic rings. The van der Waals surface area contributed by atoms with E-state index in [1.807, 2.05) is 37.3 Å². The highest BCUT2D eigenvalue weighted by molar-refractivity contribution is 5.74. The van der Waals surface area contributed by atoms with E-state index in [1.165, 1.54) is 0 Å². The fourth-order valence-electron chi connectivity index (χ4n) is 3.78. The fourth-order valence-corrected chi connectivity index (χ4v) is 3.78.